The first kappa shape index (κ1) is 13.2. The number of nitrogens with zero attached hydrogens (tertiary/aromatic N) is 3. The number of nitrogens with one attached hydrogen (secondary N) is 1. The Morgan fingerprint density at radius 1 is 1.08 bits per heavy atom. The van der Waals surface area contributed by atoms with Gasteiger partial charge in [0.2, 0.25) is 5.82 Å². The van der Waals surface area contributed by atoms with Crippen LogP contribution in [0.3, 0.4) is 0 Å². The molecule has 0 fully saturated rings. The topological polar surface area (TPSA) is 124 Å². The zero-order chi connectivity index (χ0) is 16.6. The number of aromatic hydroxyl groups is 2. The highest BCUT2D eigenvalue weighted by molar-refractivity contribution is 6.20. The van der Waals surface area contributed by atoms with Crippen LogP contribution in [0.4, 0.5) is 5.82 Å². The third-order valence-electron chi connectivity index (χ3n) is 4.89. The van der Waals surface area contributed by atoms with Gasteiger partial charge in [0.25, 0.3) is 0 Å². The SMILES string of the molecule is O=Nc1ccc2c3c(nc-2n1O)c1c(c2c(O)[nH]c(O)c23)CCC1. The average molecular weight is 324 g/mol. The summed E-state index contributed by atoms with van der Waals surface area (Å²) in [6.07, 6.45) is 2.52. The molecule has 8 nitrogen and oxygen atoms in total. The summed E-state index contributed by atoms with van der Waals surface area (Å²) >= 11 is 0. The van der Waals surface area contributed by atoms with Crippen molar-refractivity contribution in [3.8, 4) is 23.1 Å². The Kier molecular flexibility index (Phi) is 2.29. The van der Waals surface area contributed by atoms with E-state index in [1.807, 2.05) is 0 Å². The number of pyridine rings is 1. The predicted octanol–water partition coefficient (Wildman–Crippen LogP) is 3.16. The molecule has 1 aromatic heterocycles. The summed E-state index contributed by atoms with van der Waals surface area (Å²) in [5, 5.41) is 35.2. The molecule has 0 saturated carbocycles. The predicted molar refractivity (Wildman–Crippen MR) is 86.2 cm³/mol. The molecule has 2 aromatic rings. The summed E-state index contributed by atoms with van der Waals surface area (Å²) in [5.41, 5.74) is 3.22. The maximum Gasteiger partial charge on any atom is 0.214 e. The van der Waals surface area contributed by atoms with Gasteiger partial charge in [-0.05, 0) is 47.7 Å². The molecule has 2 aliphatic heterocycles. The van der Waals surface area contributed by atoms with E-state index in [9.17, 15) is 20.3 Å². The number of aromatic amines is 1. The summed E-state index contributed by atoms with van der Waals surface area (Å²) in [5.74, 6) is -0.165. The fraction of sp³-hybridized carbons (Fsp3) is 0.188. The van der Waals surface area contributed by atoms with Crippen molar-refractivity contribution in [2.75, 3.05) is 0 Å². The Labute approximate surface area is 134 Å². The first-order valence-electron chi connectivity index (χ1n) is 7.57. The molecule has 24 heavy (non-hydrogen) atoms. The van der Waals surface area contributed by atoms with Gasteiger partial charge in [-0.2, -0.15) is 0 Å². The molecule has 3 aliphatic rings. The van der Waals surface area contributed by atoms with E-state index in [1.54, 1.807) is 6.07 Å². The zero-order valence-corrected chi connectivity index (χ0v) is 12.4. The Bertz CT molecular complexity index is 1140. The average Bonchev–Trinajstić information content (AvgIpc) is 3.23. The lowest BCUT2D eigenvalue weighted by Gasteiger charge is -2.06. The van der Waals surface area contributed by atoms with Gasteiger partial charge in [0.1, 0.15) is 0 Å². The van der Waals surface area contributed by atoms with Crippen molar-refractivity contribution >= 4 is 27.5 Å². The van der Waals surface area contributed by atoms with Crippen LogP contribution in [0, 0.1) is 4.91 Å². The highest BCUT2D eigenvalue weighted by Crippen LogP contribution is 2.48. The van der Waals surface area contributed by atoms with E-state index in [4.69, 9.17) is 0 Å². The van der Waals surface area contributed by atoms with E-state index in [0.717, 1.165) is 30.4 Å². The fourth-order valence-electron chi connectivity index (χ4n) is 3.95. The maximum atomic E-state index is 10.8. The van der Waals surface area contributed by atoms with Crippen LogP contribution >= 0.6 is 0 Å². The van der Waals surface area contributed by atoms with Crippen molar-refractivity contribution in [3.05, 3.63) is 28.2 Å². The van der Waals surface area contributed by atoms with Crippen LogP contribution in [0.15, 0.2) is 17.3 Å². The van der Waals surface area contributed by atoms with Crippen LogP contribution in [0.1, 0.15) is 17.5 Å². The van der Waals surface area contributed by atoms with Crippen LogP contribution in [0.2, 0.25) is 0 Å². The second-order valence-electron chi connectivity index (χ2n) is 6.05. The molecule has 5 rings (SSSR count). The number of nitroso groups, excluding NO2 is 1. The number of fused-ring (bicyclic) bond motifs is 8. The van der Waals surface area contributed by atoms with Gasteiger partial charge in [-0.3, -0.25) is 4.98 Å². The van der Waals surface area contributed by atoms with Gasteiger partial charge in [-0.15, -0.1) is 9.64 Å². The molecule has 1 aliphatic carbocycles. The fourth-order valence-corrected chi connectivity index (χ4v) is 3.95. The van der Waals surface area contributed by atoms with Gasteiger partial charge >= 0.3 is 0 Å². The minimum Gasteiger partial charge on any atom is -0.494 e. The Morgan fingerprint density at radius 2 is 1.83 bits per heavy atom. The van der Waals surface area contributed by atoms with E-state index in [2.05, 4.69) is 15.1 Å². The van der Waals surface area contributed by atoms with E-state index in [1.165, 1.54) is 6.07 Å². The van der Waals surface area contributed by atoms with Gasteiger partial charge in [-0.1, -0.05) is 0 Å². The zero-order valence-electron chi connectivity index (χ0n) is 12.4. The third-order valence-corrected chi connectivity index (χ3v) is 4.89. The highest BCUT2D eigenvalue weighted by atomic mass is 16.5. The van der Waals surface area contributed by atoms with Gasteiger partial charge in [0.05, 0.1) is 16.3 Å². The van der Waals surface area contributed by atoms with Gasteiger partial charge in [0, 0.05) is 10.9 Å². The van der Waals surface area contributed by atoms with Gasteiger partial charge in [0.15, 0.2) is 17.6 Å². The smallest absolute Gasteiger partial charge is 0.214 e. The third kappa shape index (κ3) is 1.36. The molecule has 1 aromatic carbocycles. The summed E-state index contributed by atoms with van der Waals surface area (Å²) in [6, 6.07) is 3.03. The summed E-state index contributed by atoms with van der Waals surface area (Å²) in [7, 11) is 0. The molecule has 0 bridgehead atoms. The number of aromatic nitrogens is 3. The number of rotatable bonds is 1. The van der Waals surface area contributed by atoms with Crippen LogP contribution in [0.5, 0.6) is 11.8 Å². The molecule has 0 spiro atoms. The van der Waals surface area contributed by atoms with Crippen LogP contribution in [0.25, 0.3) is 33.1 Å². The van der Waals surface area contributed by atoms with E-state index in [-0.39, 0.29) is 23.4 Å². The second kappa shape index (κ2) is 4.16. The van der Waals surface area contributed by atoms with Crippen LogP contribution in [-0.2, 0) is 12.8 Å². The lowest BCUT2D eigenvalue weighted by atomic mass is 9.97. The minimum absolute atomic E-state index is 0.0695. The van der Waals surface area contributed by atoms with Gasteiger partial charge in [-0.25, -0.2) is 4.98 Å². The van der Waals surface area contributed by atoms with Crippen LogP contribution in [-0.4, -0.2) is 30.1 Å². The Balaban J connectivity index is 2.09. The molecule has 0 radical (unpaired) electrons. The lowest BCUT2D eigenvalue weighted by Crippen LogP contribution is -1.98. The first-order chi connectivity index (χ1) is 11.6. The first-order valence-corrected chi connectivity index (χ1v) is 7.57. The van der Waals surface area contributed by atoms with E-state index in [0.29, 0.717) is 32.0 Å². The molecular weight excluding hydrogens is 312 g/mol. The minimum atomic E-state index is -0.153. The lowest BCUT2D eigenvalue weighted by molar-refractivity contribution is 0.191. The quantitative estimate of drug-likeness (QED) is 0.316. The number of hydrogen-bond donors (Lipinski definition) is 4. The largest absolute Gasteiger partial charge is 0.494 e. The van der Waals surface area contributed by atoms with E-state index >= 15 is 0 Å². The number of benzene rings is 1. The molecule has 8 heteroatoms. The van der Waals surface area contributed by atoms with Crippen molar-refractivity contribution in [1.82, 2.24) is 14.7 Å². The molecule has 0 atom stereocenters. The highest BCUT2D eigenvalue weighted by Gasteiger charge is 2.30. The molecule has 120 valence electrons. The standard InChI is InChI=1S/C16H12N4O4/c21-15-11-6-2-1-3-7(6)13-10(12(11)16(22)18-15)8-4-5-9(19-23)20(24)14(8)17-13/h4-5,18,21-22,24H,1-3H2. The van der Waals surface area contributed by atoms with Crippen molar-refractivity contribution in [3.63, 3.8) is 0 Å². The van der Waals surface area contributed by atoms with Crippen molar-refractivity contribution in [2.24, 2.45) is 5.18 Å². The summed E-state index contributed by atoms with van der Waals surface area (Å²) in [4.78, 5) is 17.9. The molecule has 0 unspecified atom stereocenters. The maximum absolute atomic E-state index is 10.8. The molecular formula is C16H12N4O4. The number of H-pyrrole nitrogens is 1. The van der Waals surface area contributed by atoms with Crippen molar-refractivity contribution < 1.29 is 15.4 Å². The molecule has 4 N–H and O–H groups in total. The van der Waals surface area contributed by atoms with Crippen molar-refractivity contribution in [1.29, 1.82) is 0 Å². The van der Waals surface area contributed by atoms with E-state index < -0.39 is 0 Å². The number of hydrogen-bond acceptors (Lipinski definition) is 6. The molecule has 0 amide bonds. The molecule has 0 saturated heterocycles. The van der Waals surface area contributed by atoms with Crippen molar-refractivity contribution in [2.45, 2.75) is 19.3 Å². The van der Waals surface area contributed by atoms with Gasteiger partial charge < -0.3 is 15.4 Å². The second-order valence-corrected chi connectivity index (χ2v) is 6.05. The monoisotopic (exact) mass is 324 g/mol. The Hall–Kier alpha value is -3.29. The Morgan fingerprint density at radius 3 is 2.62 bits per heavy atom. The number of aryl methyl sites for hydroxylation is 2. The molecule has 3 heterocycles. The summed E-state index contributed by atoms with van der Waals surface area (Å²) < 4.78 is 0.652. The van der Waals surface area contributed by atoms with Crippen LogP contribution < -0.4 is 0 Å². The summed E-state index contributed by atoms with van der Waals surface area (Å²) in [6.45, 7) is 0. The normalized spacial score (nSPS) is 14.0.